The second kappa shape index (κ2) is 32.6. The number of hydrogen-bond acceptors (Lipinski definition) is 11. The fourth-order valence-electron chi connectivity index (χ4n) is 8.16. The van der Waals surface area contributed by atoms with Crippen molar-refractivity contribution in [3.63, 3.8) is 0 Å². The van der Waals surface area contributed by atoms with Gasteiger partial charge in [0.1, 0.15) is 48.4 Å². The third-order valence-corrected chi connectivity index (χ3v) is 12.2. The van der Waals surface area contributed by atoms with Gasteiger partial charge in [0.2, 0.25) is 41.4 Å². The number of amides is 7. The number of hydrogen-bond donors (Lipinski definition) is 9. The van der Waals surface area contributed by atoms with E-state index in [0.717, 1.165) is 38.5 Å². The van der Waals surface area contributed by atoms with Crippen molar-refractivity contribution >= 4 is 59.3 Å². The average Bonchev–Trinajstić information content (AvgIpc) is 3.24. The van der Waals surface area contributed by atoms with Crippen LogP contribution in [0.1, 0.15) is 179 Å². The molecule has 71 heavy (non-hydrogen) atoms. The maximum absolute atomic E-state index is 14.1. The zero-order valence-corrected chi connectivity index (χ0v) is 44.6. The normalized spacial score (nSPS) is 24.4. The van der Waals surface area contributed by atoms with Gasteiger partial charge in [-0.15, -0.1) is 0 Å². The van der Waals surface area contributed by atoms with Crippen molar-refractivity contribution in [1.29, 1.82) is 0 Å². The van der Waals surface area contributed by atoms with Crippen LogP contribution in [-0.4, -0.2) is 118 Å². The van der Waals surface area contributed by atoms with E-state index in [1.807, 2.05) is 13.8 Å². The minimum atomic E-state index is -1.76. The van der Waals surface area contributed by atoms with Crippen molar-refractivity contribution in [2.75, 3.05) is 0 Å². The lowest BCUT2D eigenvalue weighted by molar-refractivity contribution is -0.156. The highest BCUT2D eigenvalue weighted by Crippen LogP contribution is 2.19. The molecule has 1 fully saturated rings. The number of carbonyl (C=O) groups excluding carboxylic acids is 8. The predicted molar refractivity (Wildman–Crippen MR) is 267 cm³/mol. The lowest BCUT2D eigenvalue weighted by Crippen LogP contribution is -2.61. The van der Waals surface area contributed by atoms with E-state index in [9.17, 15) is 58.2 Å². The van der Waals surface area contributed by atoms with Gasteiger partial charge in [0.15, 0.2) is 0 Å². The Morgan fingerprint density at radius 3 is 1.31 bits per heavy atom. The molecule has 0 aromatic heterocycles. The Bertz CT molecular complexity index is 1770. The van der Waals surface area contributed by atoms with E-state index in [2.05, 4.69) is 51.1 Å². The van der Waals surface area contributed by atoms with E-state index in [4.69, 9.17) is 4.74 Å². The van der Waals surface area contributed by atoms with Gasteiger partial charge in [-0.25, -0.2) is 4.79 Å². The average molecular weight is 1010 g/mol. The number of unbranched alkanes of at least 4 members (excludes halogenated alkanes) is 6. The molecule has 406 valence electrons. The number of esters is 1. The van der Waals surface area contributed by atoms with Gasteiger partial charge in [0.25, 0.3) is 0 Å². The van der Waals surface area contributed by atoms with Crippen LogP contribution in [0.25, 0.3) is 0 Å². The molecule has 1 aliphatic rings. The number of cyclic esters (lactones) is 1. The molecular weight excluding hydrogens is 919 g/mol. The van der Waals surface area contributed by atoms with Gasteiger partial charge >= 0.3 is 17.9 Å². The molecule has 0 spiro atoms. The zero-order valence-electron chi connectivity index (χ0n) is 44.6. The fourth-order valence-corrected chi connectivity index (χ4v) is 8.16. The maximum atomic E-state index is 14.1. The molecule has 7 amide bonds. The number of carboxylic acid groups (broad SMARTS) is 2. The molecule has 1 aliphatic heterocycles. The SMILES string of the molecule is CC(C)CCCCCCCCC[C@H]1CC(=O)N[C@@H](CCC(=O)O)C(=O)N[C@@H](C(C)C)C(=O)N[C@H](CC(=O)O)C(=O)N[C@@H](CC(C)C)C(=O)N[C@@H](C(C)C)C(=O)N[C@@H](CC(C)C)C(=O)N[C@@H](C(C)C)C(=O)O1. The molecule has 8 atom stereocenters. The molecule has 1 rings (SSSR count). The van der Waals surface area contributed by atoms with Crippen molar-refractivity contribution < 1.29 is 62.9 Å². The highest BCUT2D eigenvalue weighted by Gasteiger charge is 2.38. The van der Waals surface area contributed by atoms with Gasteiger partial charge in [-0.05, 0) is 67.6 Å². The second-order valence-electron chi connectivity index (χ2n) is 21.5. The maximum Gasteiger partial charge on any atom is 0.329 e. The molecule has 0 bridgehead atoms. The summed E-state index contributed by atoms with van der Waals surface area (Å²) in [7, 11) is 0. The van der Waals surface area contributed by atoms with E-state index in [-0.39, 0.29) is 31.1 Å². The van der Waals surface area contributed by atoms with E-state index in [0.29, 0.717) is 12.3 Å². The summed E-state index contributed by atoms with van der Waals surface area (Å²) in [6.45, 7) is 21.5. The van der Waals surface area contributed by atoms with Crippen LogP contribution in [0.3, 0.4) is 0 Å². The number of ether oxygens (including phenoxy) is 1. The third kappa shape index (κ3) is 25.6. The van der Waals surface area contributed by atoms with Crippen LogP contribution in [0.4, 0.5) is 0 Å². The highest BCUT2D eigenvalue weighted by molar-refractivity contribution is 5.98. The molecule has 1 saturated heterocycles. The quantitative estimate of drug-likeness (QED) is 0.0542. The Balaban J connectivity index is 3.89. The van der Waals surface area contributed by atoms with E-state index >= 15 is 0 Å². The van der Waals surface area contributed by atoms with Crippen LogP contribution >= 0.6 is 0 Å². The van der Waals surface area contributed by atoms with Gasteiger partial charge in [-0.3, -0.25) is 43.2 Å². The monoisotopic (exact) mass is 1010 g/mol. The summed E-state index contributed by atoms with van der Waals surface area (Å²) < 4.78 is 6.01. The van der Waals surface area contributed by atoms with Crippen molar-refractivity contribution in [2.45, 2.75) is 228 Å². The van der Waals surface area contributed by atoms with Crippen LogP contribution < -0.4 is 37.2 Å². The smallest absolute Gasteiger partial charge is 0.329 e. The molecule has 1 heterocycles. The first kappa shape index (κ1) is 63.7. The second-order valence-corrected chi connectivity index (χ2v) is 21.5. The van der Waals surface area contributed by atoms with Gasteiger partial charge in [-0.2, -0.15) is 0 Å². The van der Waals surface area contributed by atoms with Crippen molar-refractivity contribution in [3.8, 4) is 0 Å². The van der Waals surface area contributed by atoms with Crippen LogP contribution in [0.2, 0.25) is 0 Å². The Kier molecular flexibility index (Phi) is 29.3. The number of carbonyl (C=O) groups is 10. The zero-order chi connectivity index (χ0) is 54.1. The third-order valence-electron chi connectivity index (χ3n) is 12.2. The van der Waals surface area contributed by atoms with Crippen LogP contribution in [0, 0.1) is 35.5 Å². The summed E-state index contributed by atoms with van der Waals surface area (Å²) in [5.74, 6) is -11.0. The van der Waals surface area contributed by atoms with Crippen molar-refractivity contribution in [3.05, 3.63) is 0 Å². The molecule has 9 N–H and O–H groups in total. The summed E-state index contributed by atoms with van der Waals surface area (Å²) in [5, 5.41) is 37.6. The lowest BCUT2D eigenvalue weighted by atomic mass is 9.97. The van der Waals surface area contributed by atoms with Gasteiger partial charge in [0.05, 0.1) is 12.8 Å². The Hall–Kier alpha value is -5.30. The van der Waals surface area contributed by atoms with E-state index in [1.54, 1.807) is 55.4 Å². The number of rotatable bonds is 22. The van der Waals surface area contributed by atoms with Crippen molar-refractivity contribution in [2.24, 2.45) is 35.5 Å². The first-order valence-electron chi connectivity index (χ1n) is 25.9. The summed E-state index contributed by atoms with van der Waals surface area (Å²) in [5.41, 5.74) is 0. The molecule has 20 nitrogen and oxygen atoms in total. The lowest BCUT2D eigenvalue weighted by Gasteiger charge is -2.30. The first-order chi connectivity index (χ1) is 33.1. The molecular formula is C51H89N7O13. The van der Waals surface area contributed by atoms with Crippen LogP contribution in [0.15, 0.2) is 0 Å². The fraction of sp³-hybridized carbons (Fsp3) is 0.804. The largest absolute Gasteiger partial charge is 0.481 e. The minimum Gasteiger partial charge on any atom is -0.481 e. The molecule has 0 radical (unpaired) electrons. The topological polar surface area (TPSA) is 305 Å². The first-order valence-corrected chi connectivity index (χ1v) is 25.9. The number of nitrogens with one attached hydrogen (secondary N) is 7. The number of carboxylic acids is 2. The van der Waals surface area contributed by atoms with Gasteiger partial charge in [-0.1, -0.05) is 128 Å². The molecule has 20 heteroatoms. The summed E-state index contributed by atoms with van der Waals surface area (Å²) >= 11 is 0. The Labute approximate surface area is 421 Å². The van der Waals surface area contributed by atoms with Crippen LogP contribution in [0.5, 0.6) is 0 Å². The summed E-state index contributed by atoms with van der Waals surface area (Å²) in [4.78, 5) is 136. The van der Waals surface area contributed by atoms with Crippen LogP contribution in [-0.2, 0) is 52.7 Å². The molecule has 0 unspecified atom stereocenters. The highest BCUT2D eigenvalue weighted by atomic mass is 16.5. The summed E-state index contributed by atoms with van der Waals surface area (Å²) in [6, 6.07) is -9.70. The molecule has 0 saturated carbocycles. The summed E-state index contributed by atoms with van der Waals surface area (Å²) in [6.07, 6.45) is 4.78. The van der Waals surface area contributed by atoms with E-state index in [1.165, 1.54) is 6.42 Å². The number of aliphatic carboxylic acids is 2. The molecule has 0 aromatic carbocycles. The van der Waals surface area contributed by atoms with Crippen molar-refractivity contribution in [1.82, 2.24) is 37.2 Å². The molecule has 0 aromatic rings. The van der Waals surface area contributed by atoms with E-state index < -0.39 is 151 Å². The standard InChI is InChI=1S/C51H89N7O13/c1-28(2)20-18-16-14-13-15-17-19-21-34-26-39(59)52-35(22-23-40(60)61)45(64)56-42(31(7)8)50(69)55-38(27-41(62)63)46(65)53-36(24-29(3)4)47(66)57-43(32(9)10)49(68)54-37(25-30(5)6)48(67)58-44(33(11)12)51(70)71-34/h28-38,42-44H,13-27H2,1-12H3,(H,52,59)(H,53,65)(H,54,68)(H,55,69)(H,56,64)(H,57,66)(H,58,67)(H,60,61)(H,62,63)/t34-,35-,36-,37-,38+,42-,43-,44-/m0/s1. The predicted octanol–water partition coefficient (Wildman–Crippen LogP) is 4.26. The Morgan fingerprint density at radius 1 is 0.465 bits per heavy atom. The Morgan fingerprint density at radius 2 is 0.873 bits per heavy atom. The van der Waals surface area contributed by atoms with Gasteiger partial charge < -0.3 is 52.2 Å². The minimum absolute atomic E-state index is 0.0243. The van der Waals surface area contributed by atoms with Gasteiger partial charge in [0, 0.05) is 6.42 Å². The molecule has 0 aliphatic carbocycles.